The van der Waals surface area contributed by atoms with E-state index in [9.17, 15) is 13.2 Å². The second-order valence-electron chi connectivity index (χ2n) is 4.25. The lowest BCUT2D eigenvalue weighted by molar-refractivity contribution is -0.138. The maximum Gasteiger partial charge on any atom is 0.338 e. The zero-order valence-corrected chi connectivity index (χ0v) is 12.8. The van der Waals surface area contributed by atoms with Gasteiger partial charge < -0.3 is 8.92 Å². The van der Waals surface area contributed by atoms with E-state index in [1.165, 1.54) is 26.0 Å². The Bertz CT molecular complexity index is 611. The van der Waals surface area contributed by atoms with Crippen LogP contribution in [0.5, 0.6) is 0 Å². The molecular formula is C14H18O5S. The Hall–Kier alpha value is -1.82. The molecule has 6 heteroatoms. The van der Waals surface area contributed by atoms with Crippen LogP contribution in [0.3, 0.4) is 0 Å². The third-order valence-corrected chi connectivity index (χ3v) is 3.97. The van der Waals surface area contributed by atoms with Crippen molar-refractivity contribution in [2.24, 2.45) is 0 Å². The molecule has 0 atom stereocenters. The van der Waals surface area contributed by atoms with E-state index in [4.69, 9.17) is 8.92 Å². The molecule has 1 aromatic carbocycles. The largest absolute Gasteiger partial charge is 0.463 e. The molecule has 5 nitrogen and oxygen atoms in total. The number of ether oxygens (including phenoxy) is 1. The van der Waals surface area contributed by atoms with Gasteiger partial charge in [-0.05, 0) is 39.8 Å². The summed E-state index contributed by atoms with van der Waals surface area (Å²) in [5.74, 6) is -0.590. The van der Waals surface area contributed by atoms with E-state index in [-0.39, 0.29) is 22.8 Å². The number of allylic oxidation sites excluding steroid dienone is 1. The summed E-state index contributed by atoms with van der Waals surface area (Å²) in [5.41, 5.74) is 1.07. The summed E-state index contributed by atoms with van der Waals surface area (Å²) < 4.78 is 33.8. The lowest BCUT2D eigenvalue weighted by atomic mass is 10.2. The Labute approximate surface area is 119 Å². The molecule has 0 radical (unpaired) electrons. The minimum Gasteiger partial charge on any atom is -0.463 e. The van der Waals surface area contributed by atoms with Gasteiger partial charge in [0.2, 0.25) is 0 Å². The van der Waals surface area contributed by atoms with Gasteiger partial charge >= 0.3 is 16.1 Å². The number of carbonyl (C=O) groups excluding carboxylic acids is 1. The van der Waals surface area contributed by atoms with E-state index in [1.54, 1.807) is 19.1 Å². The minimum atomic E-state index is -3.94. The minimum absolute atomic E-state index is 0.00373. The van der Waals surface area contributed by atoms with Crippen molar-refractivity contribution in [3.63, 3.8) is 0 Å². The molecule has 1 aromatic rings. The summed E-state index contributed by atoms with van der Waals surface area (Å²) in [7, 11) is -3.94. The molecule has 110 valence electrons. The summed E-state index contributed by atoms with van der Waals surface area (Å²) in [4.78, 5) is 11.5. The van der Waals surface area contributed by atoms with Crippen LogP contribution in [0.25, 0.3) is 0 Å². The summed E-state index contributed by atoms with van der Waals surface area (Å²) in [6.07, 6.45) is 0. The smallest absolute Gasteiger partial charge is 0.338 e. The highest BCUT2D eigenvalue weighted by atomic mass is 32.2. The maximum absolute atomic E-state index is 12.0. The van der Waals surface area contributed by atoms with Gasteiger partial charge in [-0.15, -0.1) is 0 Å². The summed E-state index contributed by atoms with van der Waals surface area (Å²) in [6.45, 7) is 6.61. The van der Waals surface area contributed by atoms with Crippen LogP contribution in [0.2, 0.25) is 0 Å². The fraction of sp³-hybridized carbons (Fsp3) is 0.357. The van der Waals surface area contributed by atoms with Gasteiger partial charge in [0.15, 0.2) is 0 Å². The van der Waals surface area contributed by atoms with Crippen LogP contribution in [0.1, 0.15) is 26.3 Å². The first-order chi connectivity index (χ1) is 9.27. The van der Waals surface area contributed by atoms with E-state index in [0.717, 1.165) is 5.56 Å². The Morgan fingerprint density at radius 2 is 1.70 bits per heavy atom. The second-order valence-corrected chi connectivity index (χ2v) is 5.80. The van der Waals surface area contributed by atoms with Crippen LogP contribution >= 0.6 is 0 Å². The van der Waals surface area contributed by atoms with Crippen LogP contribution in [0.15, 0.2) is 40.5 Å². The van der Waals surface area contributed by atoms with Crippen LogP contribution < -0.4 is 0 Å². The van der Waals surface area contributed by atoms with Crippen molar-refractivity contribution in [3.05, 3.63) is 41.2 Å². The van der Waals surface area contributed by atoms with Crippen LogP contribution in [-0.4, -0.2) is 21.0 Å². The molecule has 0 saturated carbocycles. The van der Waals surface area contributed by atoms with Crippen molar-refractivity contribution in [1.82, 2.24) is 0 Å². The molecule has 0 aromatic heterocycles. The molecule has 0 unspecified atom stereocenters. The molecule has 0 amide bonds. The third kappa shape index (κ3) is 4.09. The lowest BCUT2D eigenvalue weighted by Crippen LogP contribution is -2.11. The van der Waals surface area contributed by atoms with Gasteiger partial charge in [0.1, 0.15) is 10.7 Å². The number of rotatable bonds is 5. The molecule has 0 saturated heterocycles. The number of hydrogen-bond acceptors (Lipinski definition) is 5. The second kappa shape index (κ2) is 6.56. The summed E-state index contributed by atoms with van der Waals surface area (Å²) >= 11 is 0. The molecule has 20 heavy (non-hydrogen) atoms. The number of benzene rings is 1. The van der Waals surface area contributed by atoms with Crippen molar-refractivity contribution in [1.29, 1.82) is 0 Å². The van der Waals surface area contributed by atoms with Crippen molar-refractivity contribution in [2.45, 2.75) is 32.6 Å². The van der Waals surface area contributed by atoms with Gasteiger partial charge in [-0.2, -0.15) is 8.42 Å². The summed E-state index contributed by atoms with van der Waals surface area (Å²) in [5, 5.41) is 0. The van der Waals surface area contributed by atoms with Gasteiger partial charge in [0.05, 0.1) is 12.2 Å². The first kappa shape index (κ1) is 16.2. The molecule has 0 bridgehead atoms. The molecule has 0 heterocycles. The highest BCUT2D eigenvalue weighted by Crippen LogP contribution is 2.18. The molecule has 0 spiro atoms. The average molecular weight is 298 g/mol. The number of aryl methyl sites for hydroxylation is 1. The molecule has 0 aliphatic carbocycles. The molecular weight excluding hydrogens is 280 g/mol. The average Bonchev–Trinajstić information content (AvgIpc) is 2.38. The molecule has 0 aliphatic heterocycles. The van der Waals surface area contributed by atoms with Crippen molar-refractivity contribution in [3.8, 4) is 0 Å². The van der Waals surface area contributed by atoms with Crippen molar-refractivity contribution in [2.75, 3.05) is 6.61 Å². The number of carbonyl (C=O) groups is 1. The van der Waals surface area contributed by atoms with Crippen LogP contribution in [0.4, 0.5) is 0 Å². The standard InChI is InChI=1S/C14H18O5S/c1-5-18-14(15)11(3)12(4)19-20(16,17)13-8-6-10(2)7-9-13/h6-9H,5H2,1-4H3/b12-11-. The van der Waals surface area contributed by atoms with Gasteiger partial charge in [0.25, 0.3) is 0 Å². The molecule has 1 rings (SSSR count). The topological polar surface area (TPSA) is 69.7 Å². The molecule has 0 aliphatic rings. The predicted octanol–water partition coefficient (Wildman–Crippen LogP) is 2.56. The van der Waals surface area contributed by atoms with Gasteiger partial charge in [-0.3, -0.25) is 0 Å². The Morgan fingerprint density at radius 1 is 1.15 bits per heavy atom. The maximum atomic E-state index is 12.0. The quantitative estimate of drug-likeness (QED) is 0.361. The fourth-order valence-corrected chi connectivity index (χ4v) is 2.38. The van der Waals surface area contributed by atoms with Crippen molar-refractivity contribution < 1.29 is 22.1 Å². The first-order valence-electron chi connectivity index (χ1n) is 6.13. The van der Waals surface area contributed by atoms with E-state index >= 15 is 0 Å². The van der Waals surface area contributed by atoms with E-state index in [1.807, 2.05) is 6.92 Å². The fourth-order valence-electron chi connectivity index (χ4n) is 1.36. The summed E-state index contributed by atoms with van der Waals surface area (Å²) in [6, 6.07) is 6.26. The SMILES string of the molecule is CCOC(=O)/C(C)=C(/C)OS(=O)(=O)c1ccc(C)cc1. The lowest BCUT2D eigenvalue weighted by Gasteiger charge is -2.10. The Balaban J connectivity index is 2.99. The van der Waals surface area contributed by atoms with E-state index in [0.29, 0.717) is 0 Å². The third-order valence-electron chi connectivity index (χ3n) is 2.65. The van der Waals surface area contributed by atoms with Gasteiger partial charge in [-0.25, -0.2) is 4.79 Å². The Morgan fingerprint density at radius 3 is 2.20 bits per heavy atom. The van der Waals surface area contributed by atoms with Crippen LogP contribution in [-0.2, 0) is 23.8 Å². The Kier molecular flexibility index (Phi) is 5.33. The first-order valence-corrected chi connectivity index (χ1v) is 7.54. The zero-order valence-electron chi connectivity index (χ0n) is 12.0. The predicted molar refractivity (Wildman–Crippen MR) is 74.5 cm³/mol. The molecule has 0 fully saturated rings. The van der Waals surface area contributed by atoms with Gasteiger partial charge in [-0.1, -0.05) is 17.7 Å². The number of esters is 1. The van der Waals surface area contributed by atoms with Crippen LogP contribution in [0, 0.1) is 6.92 Å². The zero-order chi connectivity index (χ0) is 15.3. The van der Waals surface area contributed by atoms with Crippen molar-refractivity contribution >= 4 is 16.1 Å². The monoisotopic (exact) mass is 298 g/mol. The highest BCUT2D eigenvalue weighted by molar-refractivity contribution is 7.86. The van der Waals surface area contributed by atoms with E-state index < -0.39 is 16.1 Å². The number of hydrogen-bond donors (Lipinski definition) is 0. The van der Waals surface area contributed by atoms with Gasteiger partial charge in [0, 0.05) is 0 Å². The molecule has 0 N–H and O–H groups in total. The van der Waals surface area contributed by atoms with E-state index in [2.05, 4.69) is 0 Å². The highest BCUT2D eigenvalue weighted by Gasteiger charge is 2.19. The normalized spacial score (nSPS) is 12.6.